The fourth-order valence-corrected chi connectivity index (χ4v) is 4.55. The second kappa shape index (κ2) is 8.04. The molecule has 3 fully saturated rings. The van der Waals surface area contributed by atoms with Gasteiger partial charge in [0.25, 0.3) is 0 Å². The molecule has 4 aliphatic heterocycles. The van der Waals surface area contributed by atoms with Crippen LogP contribution in [0.5, 0.6) is 0 Å². The summed E-state index contributed by atoms with van der Waals surface area (Å²) < 4.78 is 52.5. The molecule has 0 aromatic rings. The number of hydrogen-bond donors (Lipinski definition) is 5. The van der Waals surface area contributed by atoms with Crippen LogP contribution in [0.1, 0.15) is 6.42 Å². The maximum Gasteiger partial charge on any atom is 0.405 e. The third kappa shape index (κ3) is 4.25. The Hall–Kier alpha value is -1.38. The fraction of sp³-hybridized carbons (Fsp3) is 0.875. The lowest BCUT2D eigenvalue weighted by atomic mass is 9.96. The van der Waals surface area contributed by atoms with E-state index in [9.17, 15) is 22.4 Å². The van der Waals surface area contributed by atoms with Crippen molar-refractivity contribution in [3.05, 3.63) is 0 Å². The zero-order chi connectivity index (χ0) is 20.8. The Morgan fingerprint density at radius 1 is 1.31 bits per heavy atom. The van der Waals surface area contributed by atoms with Crippen molar-refractivity contribution in [2.45, 2.75) is 49.2 Å². The van der Waals surface area contributed by atoms with E-state index in [1.165, 1.54) is 11.2 Å². The monoisotopic (exact) mass is 422 g/mol. The number of carbonyl (C=O) groups excluding carboxylic acids is 1. The number of hydrazine groups is 1. The Morgan fingerprint density at radius 3 is 2.83 bits per heavy atom. The van der Waals surface area contributed by atoms with Gasteiger partial charge in [-0.05, 0) is 13.0 Å². The molecular weight excluding hydrogens is 396 g/mol. The number of nitrogens with zero attached hydrogens (tertiary/aromatic N) is 3. The van der Waals surface area contributed by atoms with Crippen molar-refractivity contribution in [1.82, 2.24) is 31.3 Å². The van der Waals surface area contributed by atoms with Crippen molar-refractivity contribution in [2.24, 2.45) is 16.6 Å². The molecule has 29 heavy (non-hydrogen) atoms. The Balaban J connectivity index is 1.42. The van der Waals surface area contributed by atoms with E-state index >= 15 is 0 Å². The molecule has 0 spiro atoms. The van der Waals surface area contributed by atoms with Crippen molar-refractivity contribution < 1.29 is 22.4 Å². The van der Waals surface area contributed by atoms with Crippen LogP contribution in [0.3, 0.4) is 0 Å². The summed E-state index contributed by atoms with van der Waals surface area (Å²) in [6.07, 6.45) is -5.07. The van der Waals surface area contributed by atoms with Gasteiger partial charge in [0.1, 0.15) is 24.3 Å². The van der Waals surface area contributed by atoms with Crippen LogP contribution in [0.2, 0.25) is 0 Å². The van der Waals surface area contributed by atoms with E-state index in [-0.39, 0.29) is 37.7 Å². The van der Waals surface area contributed by atoms with E-state index in [4.69, 9.17) is 5.73 Å². The molecule has 0 aromatic heterocycles. The zero-order valence-electron chi connectivity index (χ0n) is 15.7. The molecule has 4 heterocycles. The highest BCUT2D eigenvalue weighted by atomic mass is 19.4. The molecule has 0 aromatic carbocycles. The predicted molar refractivity (Wildman–Crippen MR) is 96.2 cm³/mol. The molecule has 0 radical (unpaired) electrons. The Labute approximate surface area is 165 Å². The van der Waals surface area contributed by atoms with E-state index in [2.05, 4.69) is 26.4 Å². The summed E-state index contributed by atoms with van der Waals surface area (Å²) in [6, 6.07) is -2.17. The fourth-order valence-electron chi connectivity index (χ4n) is 4.55. The lowest BCUT2D eigenvalue weighted by Gasteiger charge is -2.39. The van der Waals surface area contributed by atoms with Crippen molar-refractivity contribution in [2.75, 3.05) is 32.8 Å². The molecule has 13 heteroatoms. The Kier molecular flexibility index (Phi) is 5.79. The predicted octanol–water partition coefficient (Wildman–Crippen LogP) is -1.90. The molecule has 4 rings (SSSR count). The first-order valence-corrected chi connectivity index (χ1v) is 9.75. The highest BCUT2D eigenvalue weighted by Gasteiger charge is 2.49. The highest BCUT2D eigenvalue weighted by Crippen LogP contribution is 2.27. The molecule has 0 aliphatic carbocycles. The summed E-state index contributed by atoms with van der Waals surface area (Å²) >= 11 is 0. The Morgan fingerprint density at radius 2 is 2.10 bits per heavy atom. The van der Waals surface area contributed by atoms with Gasteiger partial charge in [0.05, 0.1) is 18.8 Å². The molecule has 1 amide bonds. The van der Waals surface area contributed by atoms with Gasteiger partial charge in [-0.2, -0.15) is 13.2 Å². The number of halogens is 4. The van der Waals surface area contributed by atoms with Crippen LogP contribution in [-0.4, -0.2) is 97.7 Å². The summed E-state index contributed by atoms with van der Waals surface area (Å²) in [5.41, 5.74) is 8.92. The summed E-state index contributed by atoms with van der Waals surface area (Å²) in [5.74, 6) is -1.06. The summed E-state index contributed by atoms with van der Waals surface area (Å²) in [7, 11) is 0. The molecule has 0 bridgehead atoms. The number of alkyl halides is 4. The molecule has 7 unspecified atom stereocenters. The standard InChI is InChI=1S/C16H26F4N8O/c17-8-3-23-14-12(13(21)26-28(14)5-8)15(29)25-9-4-22-2-1-10(9)27-6-11(24-7-27)16(18,19)20/h3,8-14,22,24,26H,1-2,4-7,21H2,(H,25,29). The number of fused-ring (bicyclic) bond motifs is 1. The van der Waals surface area contributed by atoms with Crippen LogP contribution in [0, 0.1) is 5.92 Å². The third-order valence-electron chi connectivity index (χ3n) is 6.01. The highest BCUT2D eigenvalue weighted by molar-refractivity contribution is 5.81. The van der Waals surface area contributed by atoms with Gasteiger partial charge in [-0.1, -0.05) is 0 Å². The van der Waals surface area contributed by atoms with E-state index in [0.29, 0.717) is 19.5 Å². The molecule has 6 N–H and O–H groups in total. The van der Waals surface area contributed by atoms with Crippen LogP contribution in [0.15, 0.2) is 4.99 Å². The van der Waals surface area contributed by atoms with Gasteiger partial charge in [-0.15, -0.1) is 0 Å². The largest absolute Gasteiger partial charge is 0.405 e. The number of amides is 1. The first-order chi connectivity index (χ1) is 13.7. The Bertz CT molecular complexity index is 649. The minimum Gasteiger partial charge on any atom is -0.350 e. The number of piperidine rings is 1. The maximum atomic E-state index is 13.5. The third-order valence-corrected chi connectivity index (χ3v) is 6.01. The van der Waals surface area contributed by atoms with E-state index in [1.807, 2.05) is 0 Å². The molecule has 3 saturated heterocycles. The minimum atomic E-state index is -4.31. The van der Waals surface area contributed by atoms with Gasteiger partial charge in [0.15, 0.2) is 0 Å². The first kappa shape index (κ1) is 20.9. The van der Waals surface area contributed by atoms with Crippen LogP contribution in [-0.2, 0) is 4.79 Å². The van der Waals surface area contributed by atoms with Crippen molar-refractivity contribution >= 4 is 12.1 Å². The summed E-state index contributed by atoms with van der Waals surface area (Å²) in [6.45, 7) is 1.13. The van der Waals surface area contributed by atoms with Gasteiger partial charge >= 0.3 is 6.18 Å². The molecule has 0 saturated carbocycles. The second-order valence-electron chi connectivity index (χ2n) is 7.96. The summed E-state index contributed by atoms with van der Waals surface area (Å²) in [5, 5.41) is 10.1. The molecule has 7 atom stereocenters. The zero-order valence-corrected chi connectivity index (χ0v) is 15.7. The van der Waals surface area contributed by atoms with Gasteiger partial charge in [-0.25, -0.2) is 14.8 Å². The van der Waals surface area contributed by atoms with Crippen LogP contribution >= 0.6 is 0 Å². The smallest absolute Gasteiger partial charge is 0.350 e. The molecule has 4 aliphatic rings. The van der Waals surface area contributed by atoms with Crippen molar-refractivity contribution in [3.8, 4) is 0 Å². The lowest BCUT2D eigenvalue weighted by molar-refractivity contribution is -0.150. The SMILES string of the molecule is NC1NN2CC(F)C=NC2C1C(=O)NC1CNCCC1N1CNC(C(F)(F)F)C1. The van der Waals surface area contributed by atoms with Gasteiger partial charge in [0, 0.05) is 32.0 Å². The lowest BCUT2D eigenvalue weighted by Crippen LogP contribution is -2.61. The number of nitrogens with two attached hydrogens (primary N) is 1. The van der Waals surface area contributed by atoms with Crippen LogP contribution in [0.25, 0.3) is 0 Å². The number of nitrogens with one attached hydrogen (secondary N) is 4. The van der Waals surface area contributed by atoms with Crippen LogP contribution < -0.4 is 27.1 Å². The molecule has 164 valence electrons. The molecular formula is C16H26F4N8O. The maximum absolute atomic E-state index is 13.5. The number of carbonyl (C=O) groups is 1. The summed E-state index contributed by atoms with van der Waals surface area (Å²) in [4.78, 5) is 18.8. The molecule has 9 nitrogen and oxygen atoms in total. The average Bonchev–Trinajstić information content (AvgIpc) is 3.25. The normalized spacial score (nSPS) is 41.5. The van der Waals surface area contributed by atoms with Gasteiger partial charge in [0.2, 0.25) is 5.91 Å². The number of hydrogen-bond acceptors (Lipinski definition) is 8. The van der Waals surface area contributed by atoms with E-state index in [0.717, 1.165) is 0 Å². The second-order valence-corrected chi connectivity index (χ2v) is 7.96. The van der Waals surface area contributed by atoms with Gasteiger partial charge < -0.3 is 16.4 Å². The van der Waals surface area contributed by atoms with Crippen molar-refractivity contribution in [3.63, 3.8) is 0 Å². The van der Waals surface area contributed by atoms with E-state index < -0.39 is 36.6 Å². The van der Waals surface area contributed by atoms with E-state index in [1.54, 1.807) is 4.90 Å². The minimum absolute atomic E-state index is 0.0531. The number of rotatable bonds is 3. The first-order valence-electron chi connectivity index (χ1n) is 9.75. The quantitative estimate of drug-likeness (QED) is 0.338. The topological polar surface area (TPSA) is 110 Å². The van der Waals surface area contributed by atoms with Crippen LogP contribution in [0.4, 0.5) is 17.6 Å². The number of aliphatic imine (C=N–C) groups is 1. The average molecular weight is 422 g/mol. The van der Waals surface area contributed by atoms with Gasteiger partial charge in [-0.3, -0.25) is 20.0 Å². The van der Waals surface area contributed by atoms with Crippen molar-refractivity contribution in [1.29, 1.82) is 0 Å².